The molecule has 18 heavy (non-hydrogen) atoms. The van der Waals surface area contributed by atoms with Crippen molar-refractivity contribution in [2.45, 2.75) is 13.0 Å². The number of aliphatic hydroxyl groups is 1. The van der Waals surface area contributed by atoms with Gasteiger partial charge in [-0.3, -0.25) is 10.1 Å². The van der Waals surface area contributed by atoms with Crippen LogP contribution in [-0.4, -0.2) is 36.3 Å². The van der Waals surface area contributed by atoms with E-state index >= 15 is 0 Å². The molecule has 1 aromatic carbocycles. The van der Waals surface area contributed by atoms with Crippen molar-refractivity contribution >= 4 is 11.4 Å². The number of hydrogen-bond donors (Lipinski definition) is 1. The van der Waals surface area contributed by atoms with Crippen molar-refractivity contribution in [3.8, 4) is 0 Å². The zero-order valence-electron chi connectivity index (χ0n) is 10.2. The molecule has 1 aliphatic rings. The minimum absolute atomic E-state index is 0.0398. The minimum Gasteiger partial charge on any atom is -0.388 e. The molecule has 1 saturated heterocycles. The summed E-state index contributed by atoms with van der Waals surface area (Å²) in [6.07, 6.45) is -0.855. The Bertz CT molecular complexity index is 442. The molecule has 0 saturated carbocycles. The molecule has 0 bridgehead atoms. The summed E-state index contributed by atoms with van der Waals surface area (Å²) >= 11 is 0. The average Bonchev–Trinajstić information content (AvgIpc) is 2.39. The largest absolute Gasteiger partial charge is 0.388 e. The van der Waals surface area contributed by atoms with Crippen LogP contribution in [0.2, 0.25) is 0 Å². The molecular weight excluding hydrogens is 236 g/mol. The molecule has 0 radical (unpaired) electrons. The minimum atomic E-state index is -0.855. The second-order valence-corrected chi connectivity index (χ2v) is 4.28. The van der Waals surface area contributed by atoms with Gasteiger partial charge in [0.05, 0.1) is 29.8 Å². The molecule has 98 valence electrons. The molecule has 6 nitrogen and oxygen atoms in total. The molecule has 1 atom stereocenters. The highest BCUT2D eigenvalue weighted by Crippen LogP contribution is 2.29. The highest BCUT2D eigenvalue weighted by atomic mass is 16.6. The van der Waals surface area contributed by atoms with E-state index in [0.717, 1.165) is 18.8 Å². The van der Waals surface area contributed by atoms with Crippen LogP contribution >= 0.6 is 0 Å². The fourth-order valence-corrected chi connectivity index (χ4v) is 2.06. The fraction of sp³-hybridized carbons (Fsp3) is 0.500. The lowest BCUT2D eigenvalue weighted by atomic mass is 10.1. The van der Waals surface area contributed by atoms with Gasteiger partial charge in [0.25, 0.3) is 5.69 Å². The highest BCUT2D eigenvalue weighted by molar-refractivity contribution is 5.56. The second-order valence-electron chi connectivity index (χ2n) is 4.28. The van der Waals surface area contributed by atoms with Crippen LogP contribution in [0.25, 0.3) is 0 Å². The number of morpholine rings is 1. The first-order valence-corrected chi connectivity index (χ1v) is 5.88. The SMILES string of the molecule is CC(O)c1cc(N2CCOCC2)ccc1[N+](=O)[O-]. The van der Waals surface area contributed by atoms with E-state index in [1.54, 1.807) is 12.1 Å². The summed E-state index contributed by atoms with van der Waals surface area (Å²) in [5, 5.41) is 20.5. The van der Waals surface area contributed by atoms with Crippen molar-refractivity contribution in [3.05, 3.63) is 33.9 Å². The fourth-order valence-electron chi connectivity index (χ4n) is 2.06. The van der Waals surface area contributed by atoms with Crippen LogP contribution < -0.4 is 4.90 Å². The van der Waals surface area contributed by atoms with Crippen LogP contribution in [0.15, 0.2) is 18.2 Å². The average molecular weight is 252 g/mol. The van der Waals surface area contributed by atoms with Gasteiger partial charge in [-0.25, -0.2) is 0 Å². The molecule has 0 aromatic heterocycles. The maximum absolute atomic E-state index is 10.9. The summed E-state index contributed by atoms with van der Waals surface area (Å²) in [4.78, 5) is 12.5. The summed E-state index contributed by atoms with van der Waals surface area (Å²) in [6.45, 7) is 4.36. The van der Waals surface area contributed by atoms with Crippen molar-refractivity contribution in [2.24, 2.45) is 0 Å². The number of ether oxygens (including phenoxy) is 1. The Kier molecular flexibility index (Phi) is 3.78. The summed E-state index contributed by atoms with van der Waals surface area (Å²) in [6, 6.07) is 4.86. The standard InChI is InChI=1S/C12H16N2O4/c1-9(15)11-8-10(2-3-12(11)14(16)17)13-4-6-18-7-5-13/h2-3,8-9,15H,4-7H2,1H3. The molecule has 1 fully saturated rings. The van der Waals surface area contributed by atoms with Gasteiger partial charge >= 0.3 is 0 Å². The van der Waals surface area contributed by atoms with Crippen LogP contribution in [0, 0.1) is 10.1 Å². The molecule has 1 N–H and O–H groups in total. The number of rotatable bonds is 3. The number of nitrogens with zero attached hydrogens (tertiary/aromatic N) is 2. The van der Waals surface area contributed by atoms with E-state index in [0.29, 0.717) is 18.8 Å². The number of nitro groups is 1. The molecule has 2 rings (SSSR count). The zero-order valence-corrected chi connectivity index (χ0v) is 10.2. The normalized spacial score (nSPS) is 17.6. The van der Waals surface area contributed by atoms with Gasteiger partial charge in [0.1, 0.15) is 0 Å². The Morgan fingerprint density at radius 3 is 2.67 bits per heavy atom. The van der Waals surface area contributed by atoms with Gasteiger partial charge in [-0.15, -0.1) is 0 Å². The van der Waals surface area contributed by atoms with Crippen LogP contribution in [0.5, 0.6) is 0 Å². The molecule has 0 amide bonds. The van der Waals surface area contributed by atoms with E-state index < -0.39 is 11.0 Å². The predicted octanol–water partition coefficient (Wildman–Crippen LogP) is 1.48. The number of aliphatic hydroxyl groups excluding tert-OH is 1. The summed E-state index contributed by atoms with van der Waals surface area (Å²) in [7, 11) is 0. The number of hydrogen-bond acceptors (Lipinski definition) is 5. The van der Waals surface area contributed by atoms with Gasteiger partial charge in [-0.05, 0) is 19.1 Å². The molecule has 6 heteroatoms. The van der Waals surface area contributed by atoms with Gasteiger partial charge in [-0.2, -0.15) is 0 Å². The number of benzene rings is 1. The van der Waals surface area contributed by atoms with Gasteiger partial charge < -0.3 is 14.7 Å². The van der Waals surface area contributed by atoms with Crippen molar-refractivity contribution < 1.29 is 14.8 Å². The van der Waals surface area contributed by atoms with Gasteiger partial charge in [0.2, 0.25) is 0 Å². The van der Waals surface area contributed by atoms with E-state index in [-0.39, 0.29) is 5.69 Å². The maximum Gasteiger partial charge on any atom is 0.275 e. The zero-order chi connectivity index (χ0) is 13.1. The number of nitro benzene ring substituents is 1. The summed E-state index contributed by atoms with van der Waals surface area (Å²) in [5.41, 5.74) is 1.20. The van der Waals surface area contributed by atoms with Gasteiger partial charge in [0.15, 0.2) is 0 Å². The second kappa shape index (κ2) is 5.32. The maximum atomic E-state index is 10.9. The molecule has 1 aliphatic heterocycles. The molecule has 1 aromatic rings. The van der Waals surface area contributed by atoms with Crippen molar-refractivity contribution in [3.63, 3.8) is 0 Å². The smallest absolute Gasteiger partial charge is 0.275 e. The lowest BCUT2D eigenvalue weighted by Gasteiger charge is -2.29. The van der Waals surface area contributed by atoms with Gasteiger partial charge in [0, 0.05) is 24.8 Å². The summed E-state index contributed by atoms with van der Waals surface area (Å²) in [5.74, 6) is 0. The Morgan fingerprint density at radius 2 is 2.11 bits per heavy atom. The van der Waals surface area contributed by atoms with Crippen molar-refractivity contribution in [1.29, 1.82) is 0 Å². The number of anilines is 1. The van der Waals surface area contributed by atoms with Crippen molar-refractivity contribution in [2.75, 3.05) is 31.2 Å². The first-order valence-electron chi connectivity index (χ1n) is 5.88. The highest BCUT2D eigenvalue weighted by Gasteiger charge is 2.20. The quantitative estimate of drug-likeness (QED) is 0.651. The Balaban J connectivity index is 2.33. The predicted molar refractivity (Wildman–Crippen MR) is 66.8 cm³/mol. The van der Waals surface area contributed by atoms with Crippen LogP contribution in [-0.2, 0) is 4.74 Å². The lowest BCUT2D eigenvalue weighted by Crippen LogP contribution is -2.36. The third kappa shape index (κ3) is 2.60. The van der Waals surface area contributed by atoms with Crippen molar-refractivity contribution in [1.82, 2.24) is 0 Å². The third-order valence-electron chi connectivity index (χ3n) is 3.03. The van der Waals surface area contributed by atoms with E-state index in [1.165, 1.54) is 13.0 Å². The molecule has 0 aliphatic carbocycles. The van der Waals surface area contributed by atoms with E-state index in [9.17, 15) is 15.2 Å². The molecule has 0 spiro atoms. The monoisotopic (exact) mass is 252 g/mol. The van der Waals surface area contributed by atoms with E-state index in [1.807, 2.05) is 0 Å². The van der Waals surface area contributed by atoms with Crippen LogP contribution in [0.4, 0.5) is 11.4 Å². The Labute approximate surface area is 105 Å². The van der Waals surface area contributed by atoms with E-state index in [4.69, 9.17) is 4.74 Å². The third-order valence-corrected chi connectivity index (χ3v) is 3.03. The Hall–Kier alpha value is -1.66. The molecule has 1 heterocycles. The lowest BCUT2D eigenvalue weighted by molar-refractivity contribution is -0.386. The first-order chi connectivity index (χ1) is 8.59. The Morgan fingerprint density at radius 1 is 1.44 bits per heavy atom. The molecular formula is C12H16N2O4. The van der Waals surface area contributed by atoms with Gasteiger partial charge in [-0.1, -0.05) is 0 Å². The first kappa shape index (κ1) is 12.8. The van der Waals surface area contributed by atoms with Crippen LogP contribution in [0.3, 0.4) is 0 Å². The van der Waals surface area contributed by atoms with E-state index in [2.05, 4.69) is 4.90 Å². The topological polar surface area (TPSA) is 75.8 Å². The molecule has 1 unspecified atom stereocenters. The van der Waals surface area contributed by atoms with Crippen LogP contribution in [0.1, 0.15) is 18.6 Å². The summed E-state index contributed by atoms with van der Waals surface area (Å²) < 4.78 is 5.26.